The molecule has 1 atom stereocenters. The first kappa shape index (κ1) is 21.6. The number of aromatic nitrogens is 5. The highest BCUT2D eigenvalue weighted by Gasteiger charge is 2.26. The van der Waals surface area contributed by atoms with Crippen molar-refractivity contribution in [3.05, 3.63) is 58.9 Å². The Morgan fingerprint density at radius 1 is 1.22 bits per heavy atom. The molecule has 0 fully saturated rings. The van der Waals surface area contributed by atoms with Crippen molar-refractivity contribution >= 4 is 17.5 Å². The molecule has 2 aliphatic rings. The maximum absolute atomic E-state index is 13.2. The van der Waals surface area contributed by atoms with Crippen LogP contribution in [0.25, 0.3) is 0 Å². The molecule has 4 heterocycles. The Morgan fingerprint density at radius 2 is 2.03 bits per heavy atom. The monoisotopic (exact) mass is 443 g/mol. The predicted octanol–water partition coefficient (Wildman–Crippen LogP) is 2.28. The number of hydrogen-bond acceptors (Lipinski definition) is 5. The quantitative estimate of drug-likeness (QED) is 0.630. The molecule has 2 aliphatic heterocycles. The molecule has 5 rings (SSSR count). The molecule has 11 heteroatoms. The standard InChI is InChI=1S/C11H14N6O.C10H9F2NO/c1-16-6-7(5-13-16)8-3-2-4-9-14-11(10(12)18)15-17(8)9;11-7-4-6-2-1-3-9(14)13-10(6)8(12)5-7/h5-6,8H,2-4H2,1H3,(H2,12,18);4-5H,1-3H2,(H,13,14). The Balaban J connectivity index is 0.000000158. The zero-order valence-corrected chi connectivity index (χ0v) is 17.5. The summed E-state index contributed by atoms with van der Waals surface area (Å²) in [5, 5.41) is 10.8. The summed E-state index contributed by atoms with van der Waals surface area (Å²) in [4.78, 5) is 26.4. The second-order valence-corrected chi connectivity index (χ2v) is 7.84. The van der Waals surface area contributed by atoms with E-state index in [1.165, 1.54) is 6.07 Å². The molecule has 9 nitrogen and oxygen atoms in total. The Bertz CT molecular complexity index is 1170. The summed E-state index contributed by atoms with van der Waals surface area (Å²) in [6, 6.07) is 2.15. The lowest BCUT2D eigenvalue weighted by Crippen LogP contribution is -2.20. The molecule has 0 radical (unpaired) electrons. The van der Waals surface area contributed by atoms with Crippen LogP contribution in [-0.4, -0.2) is 36.4 Å². The maximum atomic E-state index is 13.2. The third-order valence-corrected chi connectivity index (χ3v) is 5.46. The Hall–Kier alpha value is -3.63. The highest BCUT2D eigenvalue weighted by atomic mass is 19.1. The third-order valence-electron chi connectivity index (χ3n) is 5.46. The molecule has 1 aromatic carbocycles. The molecule has 32 heavy (non-hydrogen) atoms. The highest BCUT2D eigenvalue weighted by molar-refractivity contribution is 5.92. The van der Waals surface area contributed by atoms with Crippen molar-refractivity contribution in [2.45, 2.75) is 44.6 Å². The van der Waals surface area contributed by atoms with Gasteiger partial charge in [-0.05, 0) is 37.3 Å². The van der Waals surface area contributed by atoms with Gasteiger partial charge in [0.1, 0.15) is 17.5 Å². The van der Waals surface area contributed by atoms with Crippen LogP contribution in [0.2, 0.25) is 0 Å². The summed E-state index contributed by atoms with van der Waals surface area (Å²) >= 11 is 0. The van der Waals surface area contributed by atoms with Crippen molar-refractivity contribution < 1.29 is 18.4 Å². The van der Waals surface area contributed by atoms with E-state index < -0.39 is 17.5 Å². The van der Waals surface area contributed by atoms with Crippen LogP contribution in [-0.2, 0) is 24.7 Å². The number of nitrogens with two attached hydrogens (primary N) is 1. The molecule has 168 valence electrons. The number of hydrogen-bond donors (Lipinski definition) is 2. The van der Waals surface area contributed by atoms with Gasteiger partial charge in [0, 0.05) is 37.7 Å². The van der Waals surface area contributed by atoms with Crippen LogP contribution in [0.1, 0.15) is 59.3 Å². The molecule has 0 saturated carbocycles. The summed E-state index contributed by atoms with van der Waals surface area (Å²) in [6.07, 6.45) is 8.13. The number of amides is 2. The molecule has 0 bridgehead atoms. The van der Waals surface area contributed by atoms with E-state index in [1.807, 2.05) is 19.4 Å². The van der Waals surface area contributed by atoms with Gasteiger partial charge in [-0.3, -0.25) is 14.3 Å². The van der Waals surface area contributed by atoms with Gasteiger partial charge in [0.15, 0.2) is 0 Å². The van der Waals surface area contributed by atoms with Gasteiger partial charge in [0.05, 0.1) is 17.9 Å². The number of aryl methyl sites for hydroxylation is 3. The van der Waals surface area contributed by atoms with E-state index in [9.17, 15) is 18.4 Å². The molecule has 3 N–H and O–H groups in total. The van der Waals surface area contributed by atoms with Crippen molar-refractivity contribution in [1.29, 1.82) is 0 Å². The van der Waals surface area contributed by atoms with E-state index in [4.69, 9.17) is 5.73 Å². The van der Waals surface area contributed by atoms with Gasteiger partial charge >= 0.3 is 0 Å². The zero-order chi connectivity index (χ0) is 22.8. The van der Waals surface area contributed by atoms with Gasteiger partial charge in [0.25, 0.3) is 5.91 Å². The molecule has 1 unspecified atom stereocenters. The number of halogens is 2. The van der Waals surface area contributed by atoms with Crippen LogP contribution in [0.4, 0.5) is 14.5 Å². The fourth-order valence-corrected chi connectivity index (χ4v) is 3.98. The van der Waals surface area contributed by atoms with E-state index in [0.717, 1.165) is 36.7 Å². The summed E-state index contributed by atoms with van der Waals surface area (Å²) in [6.45, 7) is 0. The van der Waals surface area contributed by atoms with Crippen LogP contribution < -0.4 is 11.1 Å². The normalized spacial score (nSPS) is 17.3. The lowest BCUT2D eigenvalue weighted by Gasteiger charge is -2.22. The second kappa shape index (κ2) is 8.85. The fourth-order valence-electron chi connectivity index (χ4n) is 3.98. The van der Waals surface area contributed by atoms with E-state index in [0.29, 0.717) is 24.8 Å². The summed E-state index contributed by atoms with van der Waals surface area (Å²) in [5.41, 5.74) is 6.97. The van der Waals surface area contributed by atoms with Crippen LogP contribution in [0.5, 0.6) is 0 Å². The Morgan fingerprint density at radius 3 is 2.75 bits per heavy atom. The Kier molecular flexibility index (Phi) is 5.97. The number of nitrogens with zero attached hydrogens (tertiary/aromatic N) is 5. The highest BCUT2D eigenvalue weighted by Crippen LogP contribution is 2.29. The van der Waals surface area contributed by atoms with Gasteiger partial charge < -0.3 is 11.1 Å². The van der Waals surface area contributed by atoms with Crippen molar-refractivity contribution in [1.82, 2.24) is 24.5 Å². The van der Waals surface area contributed by atoms with Gasteiger partial charge in [-0.2, -0.15) is 5.10 Å². The largest absolute Gasteiger partial charge is 0.363 e. The lowest BCUT2D eigenvalue weighted by atomic mass is 10.0. The van der Waals surface area contributed by atoms with Crippen molar-refractivity contribution in [2.24, 2.45) is 12.8 Å². The molecular formula is C21H23F2N7O2. The minimum Gasteiger partial charge on any atom is -0.363 e. The van der Waals surface area contributed by atoms with Crippen LogP contribution >= 0.6 is 0 Å². The smallest absolute Gasteiger partial charge is 0.288 e. The molecule has 0 spiro atoms. The van der Waals surface area contributed by atoms with E-state index in [1.54, 1.807) is 9.36 Å². The molecule has 0 aliphatic carbocycles. The first-order valence-electron chi connectivity index (χ1n) is 10.3. The molecule has 3 aromatic rings. The van der Waals surface area contributed by atoms with Crippen LogP contribution in [0.3, 0.4) is 0 Å². The first-order valence-corrected chi connectivity index (χ1v) is 10.3. The van der Waals surface area contributed by atoms with Gasteiger partial charge in [0.2, 0.25) is 11.7 Å². The van der Waals surface area contributed by atoms with Crippen LogP contribution in [0.15, 0.2) is 24.5 Å². The number of carbonyl (C=O) groups excluding carboxylic acids is 2. The van der Waals surface area contributed by atoms with Gasteiger partial charge in [-0.1, -0.05) is 0 Å². The molecule has 0 saturated heterocycles. The van der Waals surface area contributed by atoms with E-state index >= 15 is 0 Å². The predicted molar refractivity (Wildman–Crippen MR) is 111 cm³/mol. The van der Waals surface area contributed by atoms with Crippen LogP contribution in [0, 0.1) is 11.6 Å². The van der Waals surface area contributed by atoms with Gasteiger partial charge in [-0.25, -0.2) is 18.4 Å². The number of nitrogens with one attached hydrogen (secondary N) is 1. The van der Waals surface area contributed by atoms with Gasteiger partial charge in [-0.15, -0.1) is 5.10 Å². The minimum atomic E-state index is -0.699. The number of anilines is 1. The molecule has 2 amide bonds. The summed E-state index contributed by atoms with van der Waals surface area (Å²) in [7, 11) is 1.88. The summed E-state index contributed by atoms with van der Waals surface area (Å²) in [5.74, 6) is -1.17. The van der Waals surface area contributed by atoms with E-state index in [2.05, 4.69) is 20.5 Å². The first-order chi connectivity index (χ1) is 15.3. The van der Waals surface area contributed by atoms with E-state index in [-0.39, 0.29) is 23.5 Å². The Labute approximate surface area is 182 Å². The van der Waals surface area contributed by atoms with Crippen molar-refractivity contribution in [3.63, 3.8) is 0 Å². The molecular weight excluding hydrogens is 420 g/mol. The lowest BCUT2D eigenvalue weighted by molar-refractivity contribution is -0.116. The minimum absolute atomic E-state index is 0.0980. The average Bonchev–Trinajstić information content (AvgIpc) is 3.32. The second-order valence-electron chi connectivity index (χ2n) is 7.84. The third kappa shape index (κ3) is 4.51. The number of fused-ring (bicyclic) bond motifs is 2. The number of carbonyl (C=O) groups is 2. The zero-order valence-electron chi connectivity index (χ0n) is 17.5. The maximum Gasteiger partial charge on any atom is 0.288 e. The number of primary amides is 1. The number of rotatable bonds is 2. The number of benzene rings is 1. The topological polar surface area (TPSA) is 121 Å². The summed E-state index contributed by atoms with van der Waals surface area (Å²) < 4.78 is 29.6. The average molecular weight is 443 g/mol. The molecule has 2 aromatic heterocycles. The SMILES string of the molecule is Cn1cc(C2CCCc3nc(C(N)=O)nn32)cn1.O=C1CCCc2cc(F)cc(F)c2N1. The van der Waals surface area contributed by atoms with Crippen molar-refractivity contribution in [2.75, 3.05) is 5.32 Å². The van der Waals surface area contributed by atoms with Crippen molar-refractivity contribution in [3.8, 4) is 0 Å². The fraction of sp³-hybridized carbons (Fsp3) is 0.381.